The van der Waals surface area contributed by atoms with Gasteiger partial charge in [-0.05, 0) is 141 Å². The fourth-order valence-corrected chi connectivity index (χ4v) is 7.06. The highest BCUT2D eigenvalue weighted by molar-refractivity contribution is 5.91. The molecule has 0 saturated carbocycles. The number of benzene rings is 4. The van der Waals surface area contributed by atoms with Crippen LogP contribution in [0.2, 0.25) is 0 Å². The van der Waals surface area contributed by atoms with Crippen molar-refractivity contribution in [2.45, 2.75) is 83.7 Å². The van der Waals surface area contributed by atoms with Crippen molar-refractivity contribution in [2.75, 3.05) is 26.4 Å². The molecular formula is C53H53F5O10. The predicted molar refractivity (Wildman–Crippen MR) is 246 cm³/mol. The van der Waals surface area contributed by atoms with Gasteiger partial charge in [-0.2, -0.15) is 13.2 Å². The summed E-state index contributed by atoms with van der Waals surface area (Å²) in [6.45, 7) is 12.6. The lowest BCUT2D eigenvalue weighted by atomic mass is 9.82. The molecule has 4 aromatic carbocycles. The van der Waals surface area contributed by atoms with E-state index in [1.165, 1.54) is 36.4 Å². The molecule has 0 heterocycles. The molecule has 4 aromatic rings. The van der Waals surface area contributed by atoms with Crippen molar-refractivity contribution in [3.05, 3.63) is 143 Å². The zero-order chi connectivity index (χ0) is 49.4. The molecule has 0 fully saturated rings. The summed E-state index contributed by atoms with van der Waals surface area (Å²) < 4.78 is 99.3. The average molecular weight is 945 g/mol. The molecule has 0 aromatic heterocycles. The molecule has 0 unspecified atom stereocenters. The Balaban J connectivity index is 1.05. The summed E-state index contributed by atoms with van der Waals surface area (Å²) in [4.78, 5) is 48.4. The second kappa shape index (κ2) is 24.1. The van der Waals surface area contributed by atoms with Gasteiger partial charge in [0.05, 0.1) is 26.4 Å². The van der Waals surface area contributed by atoms with Gasteiger partial charge in [0.1, 0.15) is 40.2 Å². The van der Waals surface area contributed by atoms with Crippen molar-refractivity contribution in [1.29, 1.82) is 0 Å². The topological polar surface area (TPSA) is 124 Å². The maximum absolute atomic E-state index is 14.9. The number of esters is 4. The van der Waals surface area contributed by atoms with Crippen molar-refractivity contribution >= 4 is 36.0 Å². The molecule has 360 valence electrons. The zero-order valence-corrected chi connectivity index (χ0v) is 38.1. The third-order valence-corrected chi connectivity index (χ3v) is 10.8. The van der Waals surface area contributed by atoms with E-state index in [2.05, 4.69) is 17.9 Å². The molecule has 68 heavy (non-hydrogen) atoms. The number of alkyl halides is 3. The molecule has 0 spiro atoms. The number of carbonyl (C=O) groups excluding carboxylic acids is 4. The van der Waals surface area contributed by atoms with Gasteiger partial charge in [0.15, 0.2) is 0 Å². The van der Waals surface area contributed by atoms with Gasteiger partial charge in [0, 0.05) is 46.4 Å². The molecule has 5 rings (SSSR count). The minimum atomic E-state index is -4.83. The van der Waals surface area contributed by atoms with Crippen LogP contribution in [-0.4, -0.2) is 56.5 Å². The lowest BCUT2D eigenvalue weighted by molar-refractivity contribution is -0.150. The summed E-state index contributed by atoms with van der Waals surface area (Å²) in [6.07, 6.45) is 5.36. The monoisotopic (exact) mass is 944 g/mol. The highest BCUT2D eigenvalue weighted by Gasteiger charge is 2.38. The number of halogens is 5. The van der Waals surface area contributed by atoms with E-state index < -0.39 is 52.7 Å². The number of hydrogen-bond acceptors (Lipinski definition) is 10. The SMILES string of the molecule is C=C(C)C(=O)OCCCCCCOc1ccc(C=CC(=O)Oc2ccc3c(c2)C(C)(C)c2cc(OC(=O)C=Cc4ccc(OCCCCCCOC(=O)C(=C)C(F)(F)F)cc4F)ccc2-3)c(F)c1. The van der Waals surface area contributed by atoms with Gasteiger partial charge in [0.25, 0.3) is 0 Å². The van der Waals surface area contributed by atoms with Gasteiger partial charge < -0.3 is 28.4 Å². The molecular weight excluding hydrogens is 892 g/mol. The largest absolute Gasteiger partial charge is 0.493 e. The first kappa shape index (κ1) is 51.9. The number of rotatable bonds is 24. The summed E-state index contributed by atoms with van der Waals surface area (Å²) in [5.41, 5.74) is 2.08. The number of fused-ring (bicyclic) bond motifs is 3. The zero-order valence-electron chi connectivity index (χ0n) is 38.1. The maximum atomic E-state index is 14.9. The number of carbonyl (C=O) groups is 4. The van der Waals surface area contributed by atoms with Crippen LogP contribution in [0.1, 0.15) is 94.4 Å². The highest BCUT2D eigenvalue weighted by atomic mass is 19.4. The fourth-order valence-electron chi connectivity index (χ4n) is 7.06. The number of hydrogen-bond donors (Lipinski definition) is 0. The Morgan fingerprint density at radius 3 is 1.35 bits per heavy atom. The molecule has 0 aliphatic heterocycles. The van der Waals surface area contributed by atoms with Crippen LogP contribution in [0.3, 0.4) is 0 Å². The van der Waals surface area contributed by atoms with E-state index in [9.17, 15) is 41.1 Å². The van der Waals surface area contributed by atoms with Gasteiger partial charge in [-0.25, -0.2) is 28.0 Å². The van der Waals surface area contributed by atoms with E-state index in [-0.39, 0.29) is 41.6 Å². The van der Waals surface area contributed by atoms with E-state index in [0.717, 1.165) is 60.1 Å². The van der Waals surface area contributed by atoms with Gasteiger partial charge in [-0.3, -0.25) is 0 Å². The van der Waals surface area contributed by atoms with Crippen LogP contribution in [0.25, 0.3) is 23.3 Å². The molecule has 0 N–H and O–H groups in total. The van der Waals surface area contributed by atoms with Crippen LogP contribution in [0.5, 0.6) is 23.0 Å². The van der Waals surface area contributed by atoms with E-state index in [1.54, 1.807) is 43.3 Å². The van der Waals surface area contributed by atoms with E-state index >= 15 is 0 Å². The van der Waals surface area contributed by atoms with Crippen LogP contribution >= 0.6 is 0 Å². The first-order valence-electron chi connectivity index (χ1n) is 22.0. The van der Waals surface area contributed by atoms with Crippen LogP contribution in [0.4, 0.5) is 22.0 Å². The third-order valence-electron chi connectivity index (χ3n) is 10.8. The Morgan fingerprint density at radius 2 is 0.956 bits per heavy atom. The average Bonchev–Trinajstić information content (AvgIpc) is 3.51. The van der Waals surface area contributed by atoms with Crippen molar-refractivity contribution in [3.63, 3.8) is 0 Å². The molecule has 15 heteroatoms. The summed E-state index contributed by atoms with van der Waals surface area (Å²) in [5, 5.41) is 0. The van der Waals surface area contributed by atoms with Crippen LogP contribution in [0, 0.1) is 11.6 Å². The first-order valence-corrected chi connectivity index (χ1v) is 22.0. The van der Waals surface area contributed by atoms with Gasteiger partial charge in [-0.15, -0.1) is 0 Å². The third kappa shape index (κ3) is 15.0. The Bertz CT molecular complexity index is 2560. The quantitative estimate of drug-likeness (QED) is 0.0220. The number of ether oxygens (including phenoxy) is 6. The highest BCUT2D eigenvalue weighted by Crippen LogP contribution is 2.50. The molecule has 0 saturated heterocycles. The Hall–Kier alpha value is -7.03. The Labute approximate surface area is 392 Å². The van der Waals surface area contributed by atoms with E-state index in [1.807, 2.05) is 26.0 Å². The van der Waals surface area contributed by atoms with Crippen LogP contribution in [-0.2, 0) is 34.1 Å². The smallest absolute Gasteiger partial charge is 0.422 e. The van der Waals surface area contributed by atoms with Crippen molar-refractivity contribution in [1.82, 2.24) is 0 Å². The second-order valence-corrected chi connectivity index (χ2v) is 16.5. The number of unbranched alkanes of at least 4 members (excludes halogenated alkanes) is 6. The standard InChI is InChI=1S/C53H53F5O10/c1-34(2)50(61)65-28-12-8-6-10-26-63-38-18-14-36(46(54)32-38)16-24-48(59)67-40-20-22-42-43-23-21-41(31-45(43)52(4,5)44(42)30-40)68-49(60)25-17-37-15-19-39(33-47(37)55)64-27-11-7-9-13-29-66-51(62)35(3)53(56,57)58/h14-25,30-33H,1,3,6-13,26-29H2,2,4-5H3. The molecule has 1 aliphatic rings. The summed E-state index contributed by atoms with van der Waals surface area (Å²) in [5.74, 6) is -3.33. The summed E-state index contributed by atoms with van der Waals surface area (Å²) in [7, 11) is 0. The molecule has 0 atom stereocenters. The molecule has 1 aliphatic carbocycles. The van der Waals surface area contributed by atoms with Crippen molar-refractivity contribution in [2.24, 2.45) is 0 Å². The first-order chi connectivity index (χ1) is 32.3. The second-order valence-electron chi connectivity index (χ2n) is 16.5. The minimum Gasteiger partial charge on any atom is -0.493 e. The molecule has 0 amide bonds. The van der Waals surface area contributed by atoms with Gasteiger partial charge in [0.2, 0.25) is 0 Å². The van der Waals surface area contributed by atoms with Crippen molar-refractivity contribution < 1.29 is 69.6 Å². The lowest BCUT2D eigenvalue weighted by Gasteiger charge is -2.22. The van der Waals surface area contributed by atoms with E-state index in [0.29, 0.717) is 50.2 Å². The Kier molecular flexibility index (Phi) is 18.4. The molecule has 10 nitrogen and oxygen atoms in total. The molecule has 0 radical (unpaired) electrons. The van der Waals surface area contributed by atoms with Crippen LogP contribution in [0.15, 0.2) is 109 Å². The minimum absolute atomic E-state index is 0.124. The van der Waals surface area contributed by atoms with E-state index in [4.69, 9.17) is 23.7 Å². The normalized spacial score (nSPS) is 12.6. The van der Waals surface area contributed by atoms with Crippen molar-refractivity contribution in [3.8, 4) is 34.1 Å². The maximum Gasteiger partial charge on any atom is 0.422 e. The lowest BCUT2D eigenvalue weighted by Crippen LogP contribution is -2.21. The Morgan fingerprint density at radius 1 is 0.559 bits per heavy atom. The molecule has 0 bridgehead atoms. The van der Waals surface area contributed by atoms with Gasteiger partial charge in [-0.1, -0.05) is 39.1 Å². The fraction of sp³-hybridized carbons (Fsp3) is 0.321. The van der Waals surface area contributed by atoms with Crippen LogP contribution < -0.4 is 18.9 Å². The van der Waals surface area contributed by atoms with Gasteiger partial charge >= 0.3 is 30.1 Å². The summed E-state index contributed by atoms with van der Waals surface area (Å²) >= 11 is 0. The summed E-state index contributed by atoms with van der Waals surface area (Å²) in [6, 6.07) is 19.1. The predicted octanol–water partition coefficient (Wildman–Crippen LogP) is 12.2.